The van der Waals surface area contributed by atoms with Gasteiger partial charge in [-0.3, -0.25) is 0 Å². The number of aliphatic hydroxyl groups is 1. The summed E-state index contributed by atoms with van der Waals surface area (Å²) in [4.78, 5) is 44.3. The van der Waals surface area contributed by atoms with Crippen LogP contribution in [-0.2, 0) is 20.8 Å². The molecule has 3 aromatic rings. The maximum Gasteiger partial charge on any atom is 0.356 e. The van der Waals surface area contributed by atoms with Crippen LogP contribution in [0.3, 0.4) is 0 Å². The van der Waals surface area contributed by atoms with Gasteiger partial charge in [-0.05, 0) is 102 Å². The number of alkyl halides is 2. The summed E-state index contributed by atoms with van der Waals surface area (Å²) in [7, 11) is 0. The Balaban J connectivity index is 0.000000316. The number of hydrogen-bond acceptors (Lipinski definition) is 9. The van der Waals surface area contributed by atoms with E-state index in [1.807, 2.05) is 0 Å². The van der Waals surface area contributed by atoms with Crippen LogP contribution in [0.1, 0.15) is 103 Å². The summed E-state index contributed by atoms with van der Waals surface area (Å²) in [6.45, 7) is 11.3. The number of aromatic nitrogens is 3. The van der Waals surface area contributed by atoms with Crippen molar-refractivity contribution in [2.75, 3.05) is 13.2 Å². The number of carbonyl (C=O) groups is 3. The van der Waals surface area contributed by atoms with Crippen LogP contribution in [-0.4, -0.2) is 56.3 Å². The van der Waals surface area contributed by atoms with E-state index in [4.69, 9.17) is 14.6 Å². The summed E-state index contributed by atoms with van der Waals surface area (Å²) in [6.07, 6.45) is 3.57. The van der Waals surface area contributed by atoms with Crippen LogP contribution in [0.15, 0.2) is 55.0 Å². The van der Waals surface area contributed by atoms with E-state index in [2.05, 4.69) is 15.0 Å². The summed E-state index contributed by atoms with van der Waals surface area (Å²) in [5, 5.41) is 17.9. The maximum absolute atomic E-state index is 13.6. The molecule has 0 spiro atoms. The highest BCUT2D eigenvalue weighted by molar-refractivity contribution is 5.88. The fraction of sp³-hybridized carbons (Fsp3) is 0.400. The number of aliphatic hydroxyl groups excluding tert-OH is 1. The van der Waals surface area contributed by atoms with Crippen LogP contribution >= 0.6 is 0 Å². The van der Waals surface area contributed by atoms with E-state index in [9.17, 15) is 28.3 Å². The van der Waals surface area contributed by atoms with Crippen LogP contribution in [0.2, 0.25) is 0 Å². The Bertz CT molecular complexity index is 1340. The van der Waals surface area contributed by atoms with Crippen molar-refractivity contribution in [3.05, 3.63) is 88.8 Å². The fourth-order valence-electron chi connectivity index (χ4n) is 3.06. The van der Waals surface area contributed by atoms with Crippen molar-refractivity contribution in [2.45, 2.75) is 65.9 Å². The molecule has 10 nitrogen and oxygen atoms in total. The highest BCUT2D eigenvalue weighted by atomic mass is 19.1. The summed E-state index contributed by atoms with van der Waals surface area (Å²) in [5.41, 5.74) is -1.39. The second-order valence-electron chi connectivity index (χ2n) is 9.70. The average Bonchev–Trinajstić information content (AvgIpc) is 2.93. The lowest BCUT2D eigenvalue weighted by Crippen LogP contribution is -2.13. The van der Waals surface area contributed by atoms with Gasteiger partial charge in [0.15, 0.2) is 0 Å². The van der Waals surface area contributed by atoms with Crippen LogP contribution in [0.4, 0.5) is 8.78 Å². The van der Waals surface area contributed by atoms with E-state index < -0.39 is 35.3 Å². The Labute approximate surface area is 243 Å². The monoisotopic (exact) mass is 589 g/mol. The Morgan fingerprint density at radius 3 is 1.52 bits per heavy atom. The van der Waals surface area contributed by atoms with Crippen molar-refractivity contribution in [3.63, 3.8) is 0 Å². The summed E-state index contributed by atoms with van der Waals surface area (Å²) < 4.78 is 36.5. The molecular formula is C30H37F2N3O7. The van der Waals surface area contributed by atoms with Gasteiger partial charge in [0, 0.05) is 18.6 Å². The van der Waals surface area contributed by atoms with Crippen molar-refractivity contribution >= 4 is 17.9 Å². The topological polar surface area (TPSA) is 149 Å². The largest absolute Gasteiger partial charge is 0.477 e. The zero-order chi connectivity index (χ0) is 32.1. The first kappa shape index (κ1) is 35.7. The van der Waals surface area contributed by atoms with E-state index in [1.165, 1.54) is 70.6 Å². The second-order valence-corrected chi connectivity index (χ2v) is 9.70. The molecule has 3 heterocycles. The minimum Gasteiger partial charge on any atom is -0.477 e. The van der Waals surface area contributed by atoms with Gasteiger partial charge in [0.1, 0.15) is 28.4 Å². The minimum absolute atomic E-state index is 0.136. The van der Waals surface area contributed by atoms with Crippen molar-refractivity contribution in [1.82, 2.24) is 15.0 Å². The predicted molar refractivity (Wildman–Crippen MR) is 150 cm³/mol. The van der Waals surface area contributed by atoms with Gasteiger partial charge in [0.2, 0.25) is 0 Å². The summed E-state index contributed by atoms with van der Waals surface area (Å²) in [6, 6.07) is 8.85. The molecule has 42 heavy (non-hydrogen) atoms. The summed E-state index contributed by atoms with van der Waals surface area (Å²) >= 11 is 0. The van der Waals surface area contributed by atoms with E-state index in [-0.39, 0.29) is 23.7 Å². The minimum atomic E-state index is -1.53. The number of esters is 2. The number of halogens is 2. The van der Waals surface area contributed by atoms with E-state index >= 15 is 0 Å². The number of aromatic carboxylic acids is 1. The van der Waals surface area contributed by atoms with Gasteiger partial charge in [-0.2, -0.15) is 0 Å². The van der Waals surface area contributed by atoms with Gasteiger partial charge < -0.3 is 19.7 Å². The standard InChI is InChI=1S/C11H14FNO2.C10H13NO3.C9H10FNO2/c1-4-15-10(14)9-7-8(5-6-13-9)11(2,3)12;1-3-14-10(13)9-6-8(7(2)12)4-5-11-9;1-9(2,10)6-3-4-11-7(5-6)8(12)13/h5-7H,4H2,1-3H3;4-7,12H,3H2,1-2H3;3-5H,1-2H3,(H,12,13). The van der Waals surface area contributed by atoms with Crippen LogP contribution < -0.4 is 0 Å². The maximum atomic E-state index is 13.6. The molecule has 1 atom stereocenters. The van der Waals surface area contributed by atoms with Crippen molar-refractivity contribution in [3.8, 4) is 0 Å². The second kappa shape index (κ2) is 16.2. The SMILES string of the molecule is CC(C)(F)c1ccnc(C(=O)O)c1.CCOC(=O)c1cc(C(C)(C)F)ccn1.CCOC(=O)c1cc(C(C)O)ccn1. The molecule has 0 bridgehead atoms. The van der Waals surface area contributed by atoms with E-state index in [0.717, 1.165) is 0 Å². The number of ether oxygens (including phenoxy) is 2. The number of rotatable bonds is 8. The number of carboxylic acids is 1. The third-order valence-electron chi connectivity index (χ3n) is 5.35. The molecule has 0 saturated heterocycles. The lowest BCUT2D eigenvalue weighted by Gasteiger charge is -2.14. The van der Waals surface area contributed by atoms with Gasteiger partial charge in [0.05, 0.1) is 19.3 Å². The normalized spacial score (nSPS) is 11.6. The molecule has 0 amide bonds. The molecule has 228 valence electrons. The van der Waals surface area contributed by atoms with Crippen molar-refractivity contribution in [2.24, 2.45) is 0 Å². The molecule has 2 N–H and O–H groups in total. The van der Waals surface area contributed by atoms with Gasteiger partial charge >= 0.3 is 17.9 Å². The number of nitrogens with zero attached hydrogens (tertiary/aromatic N) is 3. The smallest absolute Gasteiger partial charge is 0.356 e. The first-order valence-corrected chi connectivity index (χ1v) is 13.0. The Hall–Kier alpha value is -4.32. The molecule has 12 heteroatoms. The third kappa shape index (κ3) is 12.0. The van der Waals surface area contributed by atoms with Gasteiger partial charge in [-0.25, -0.2) is 38.1 Å². The Kier molecular flexibility index (Phi) is 13.8. The van der Waals surface area contributed by atoms with E-state index in [1.54, 1.807) is 32.9 Å². The average molecular weight is 590 g/mol. The molecule has 3 aromatic heterocycles. The highest BCUT2D eigenvalue weighted by Crippen LogP contribution is 2.25. The zero-order valence-corrected chi connectivity index (χ0v) is 24.7. The van der Waals surface area contributed by atoms with Gasteiger partial charge in [0.25, 0.3) is 0 Å². The lowest BCUT2D eigenvalue weighted by atomic mass is 10.0. The summed E-state index contributed by atoms with van der Waals surface area (Å²) in [5.74, 6) is -2.13. The zero-order valence-electron chi connectivity index (χ0n) is 24.7. The van der Waals surface area contributed by atoms with Crippen LogP contribution in [0.5, 0.6) is 0 Å². The van der Waals surface area contributed by atoms with Crippen molar-refractivity contribution in [1.29, 1.82) is 0 Å². The molecule has 0 aliphatic heterocycles. The van der Waals surface area contributed by atoms with Crippen molar-refractivity contribution < 1.29 is 42.9 Å². The lowest BCUT2D eigenvalue weighted by molar-refractivity contribution is 0.0509. The Morgan fingerprint density at radius 1 is 0.762 bits per heavy atom. The molecule has 0 aromatic carbocycles. The highest BCUT2D eigenvalue weighted by Gasteiger charge is 2.21. The number of pyridine rings is 3. The molecule has 0 fully saturated rings. The molecule has 3 rings (SSSR count). The first-order valence-electron chi connectivity index (χ1n) is 13.0. The third-order valence-corrected chi connectivity index (χ3v) is 5.35. The predicted octanol–water partition coefficient (Wildman–Crippen LogP) is 5.76. The molecular weight excluding hydrogens is 552 g/mol. The molecule has 0 saturated carbocycles. The number of carboxylic acid groups (broad SMARTS) is 1. The fourth-order valence-corrected chi connectivity index (χ4v) is 3.06. The van der Waals surface area contributed by atoms with Crippen LogP contribution in [0, 0.1) is 0 Å². The quantitative estimate of drug-likeness (QED) is 0.311. The molecule has 1 unspecified atom stereocenters. The van der Waals surface area contributed by atoms with E-state index in [0.29, 0.717) is 23.3 Å². The molecule has 0 radical (unpaired) electrons. The van der Waals surface area contributed by atoms with Gasteiger partial charge in [-0.1, -0.05) is 0 Å². The molecule has 0 aliphatic rings. The van der Waals surface area contributed by atoms with Crippen LogP contribution in [0.25, 0.3) is 0 Å². The Morgan fingerprint density at radius 2 is 1.14 bits per heavy atom. The number of carbonyl (C=O) groups excluding carboxylic acids is 2. The molecule has 0 aliphatic carbocycles. The first-order chi connectivity index (χ1) is 19.5. The van der Waals surface area contributed by atoms with Gasteiger partial charge in [-0.15, -0.1) is 0 Å². The number of hydrogen-bond donors (Lipinski definition) is 2.